The molecule has 13 nitrogen and oxygen atoms in total. The van der Waals surface area contributed by atoms with Crippen LogP contribution >= 0.6 is 0 Å². The van der Waals surface area contributed by atoms with Gasteiger partial charge in [0.25, 0.3) is 0 Å². The second-order valence-electron chi connectivity index (χ2n) is 11.2. The van der Waals surface area contributed by atoms with Crippen LogP contribution in [0.1, 0.15) is 0 Å². The van der Waals surface area contributed by atoms with Gasteiger partial charge in [-0.05, 0) is 72.8 Å². The van der Waals surface area contributed by atoms with E-state index in [2.05, 4.69) is 39.9 Å². The molecule has 252 valence electrons. The Balaban J connectivity index is 0.000000166. The predicted octanol–water partition coefficient (Wildman–Crippen LogP) is 5.86. The average Bonchev–Trinajstić information content (AvgIpc) is 3.95. The molecule has 0 unspecified atom stereocenters. The van der Waals surface area contributed by atoms with Gasteiger partial charge in [0.2, 0.25) is 0 Å². The maximum Gasteiger partial charge on any atom is 0.157 e. The van der Waals surface area contributed by atoms with Crippen LogP contribution in [-0.4, -0.2) is 66.3 Å². The number of benzene rings is 4. The number of pyridine rings is 2. The molecule has 0 bridgehead atoms. The number of hydrogen-bond acceptors (Lipinski definition) is 6. The van der Waals surface area contributed by atoms with Crippen LogP contribution in [-0.2, 0) is 0 Å². The van der Waals surface area contributed by atoms with E-state index in [1.54, 1.807) is 0 Å². The standard InChI is InChI=1S/2C19H13N5.3H2O/c2*1-2-7-13-12(6-1)21-18(22-13)16-10-5-11-17(20-16)19-23-14-8-3-4-9-15(14)24-19;;;/h2*1-11H,(H,21,22)(H,23,24);3*1H2. The Morgan fingerprint density at radius 2 is 0.490 bits per heavy atom. The minimum atomic E-state index is 0. The van der Waals surface area contributed by atoms with Crippen molar-refractivity contribution in [3.63, 3.8) is 0 Å². The van der Waals surface area contributed by atoms with E-state index in [0.717, 1.165) is 90.2 Å². The molecular formula is C38H32N10O3. The van der Waals surface area contributed by atoms with Crippen molar-refractivity contribution in [2.45, 2.75) is 0 Å². The van der Waals surface area contributed by atoms with Gasteiger partial charge in [-0.1, -0.05) is 60.7 Å². The first-order valence-electron chi connectivity index (χ1n) is 15.5. The number of imidazole rings is 4. The summed E-state index contributed by atoms with van der Waals surface area (Å²) in [5.74, 6) is 3.03. The van der Waals surface area contributed by atoms with E-state index in [4.69, 9.17) is 9.97 Å². The zero-order chi connectivity index (χ0) is 31.9. The third kappa shape index (κ3) is 6.54. The summed E-state index contributed by atoms with van der Waals surface area (Å²) in [5.41, 5.74) is 10.9. The smallest absolute Gasteiger partial charge is 0.157 e. The number of aromatic amines is 4. The van der Waals surface area contributed by atoms with Crippen molar-refractivity contribution in [2.24, 2.45) is 0 Å². The molecule has 0 fully saturated rings. The number of H-pyrrole nitrogens is 4. The van der Waals surface area contributed by atoms with E-state index >= 15 is 0 Å². The summed E-state index contributed by atoms with van der Waals surface area (Å²) in [6.45, 7) is 0. The molecule has 10 N–H and O–H groups in total. The maximum atomic E-state index is 4.72. The highest BCUT2D eigenvalue weighted by molar-refractivity contribution is 5.82. The molecule has 0 aliphatic rings. The molecule has 0 aliphatic heterocycles. The Kier molecular flexibility index (Phi) is 9.42. The molecule has 10 aromatic rings. The number of aromatic nitrogens is 10. The topological polar surface area (TPSA) is 235 Å². The summed E-state index contributed by atoms with van der Waals surface area (Å²) >= 11 is 0. The highest BCUT2D eigenvalue weighted by atomic mass is 16.0. The lowest BCUT2D eigenvalue weighted by Crippen LogP contribution is -1.90. The van der Waals surface area contributed by atoms with Crippen molar-refractivity contribution in [2.75, 3.05) is 0 Å². The summed E-state index contributed by atoms with van der Waals surface area (Å²) in [4.78, 5) is 41.1. The lowest BCUT2D eigenvalue weighted by Gasteiger charge is -1.99. The molecule has 0 radical (unpaired) electrons. The first-order chi connectivity index (χ1) is 23.7. The second kappa shape index (κ2) is 14.2. The molecule has 0 atom stereocenters. The van der Waals surface area contributed by atoms with E-state index in [-0.39, 0.29) is 16.4 Å². The van der Waals surface area contributed by atoms with Crippen LogP contribution in [0, 0.1) is 0 Å². The highest BCUT2D eigenvalue weighted by Crippen LogP contribution is 2.25. The second-order valence-corrected chi connectivity index (χ2v) is 11.2. The number of rotatable bonds is 4. The van der Waals surface area contributed by atoms with E-state index in [0.29, 0.717) is 0 Å². The molecule has 0 aliphatic carbocycles. The van der Waals surface area contributed by atoms with Crippen molar-refractivity contribution >= 4 is 44.1 Å². The molecule has 13 heteroatoms. The number of para-hydroxylation sites is 8. The third-order valence-corrected chi connectivity index (χ3v) is 8.03. The van der Waals surface area contributed by atoms with Gasteiger partial charge in [-0.2, -0.15) is 0 Å². The molecule has 51 heavy (non-hydrogen) atoms. The number of nitrogens with one attached hydrogen (secondary N) is 4. The van der Waals surface area contributed by atoms with Crippen LogP contribution < -0.4 is 0 Å². The minimum absolute atomic E-state index is 0. The highest BCUT2D eigenvalue weighted by Gasteiger charge is 2.12. The van der Waals surface area contributed by atoms with Crippen molar-refractivity contribution in [3.8, 4) is 46.1 Å². The molecule has 6 aromatic heterocycles. The lowest BCUT2D eigenvalue weighted by molar-refractivity contribution is 0.823. The van der Waals surface area contributed by atoms with Crippen molar-refractivity contribution in [1.82, 2.24) is 49.8 Å². The number of nitrogens with zero attached hydrogens (tertiary/aromatic N) is 6. The SMILES string of the molecule is O.O.O.c1cc(-c2nc3ccccc3[nH]2)nc(-c2nc3ccccc3[nH]2)c1.c1cc(-c2nc3ccccc3[nH]2)nc(-c2nc3ccccc3[nH]2)c1. The molecule has 0 saturated heterocycles. The predicted molar refractivity (Wildman–Crippen MR) is 200 cm³/mol. The third-order valence-electron chi connectivity index (χ3n) is 8.03. The molecule has 0 amide bonds. The van der Waals surface area contributed by atoms with Crippen molar-refractivity contribution in [1.29, 1.82) is 0 Å². The Hall–Kier alpha value is -7.06. The Labute approximate surface area is 289 Å². The number of hydrogen-bond donors (Lipinski definition) is 4. The van der Waals surface area contributed by atoms with Gasteiger partial charge in [0.1, 0.15) is 22.8 Å². The van der Waals surface area contributed by atoms with E-state index in [1.165, 1.54) is 0 Å². The van der Waals surface area contributed by atoms with E-state index < -0.39 is 0 Å². The van der Waals surface area contributed by atoms with Crippen LogP contribution in [0.15, 0.2) is 133 Å². The minimum Gasteiger partial charge on any atom is -0.412 e. The Bertz CT molecular complexity index is 2230. The van der Waals surface area contributed by atoms with Gasteiger partial charge in [-0.25, -0.2) is 29.9 Å². The lowest BCUT2D eigenvalue weighted by atomic mass is 10.3. The van der Waals surface area contributed by atoms with Crippen LogP contribution in [0.3, 0.4) is 0 Å². The van der Waals surface area contributed by atoms with E-state index in [1.807, 2.05) is 133 Å². The molecular weight excluding hydrogens is 644 g/mol. The van der Waals surface area contributed by atoms with Crippen molar-refractivity contribution in [3.05, 3.63) is 133 Å². The monoisotopic (exact) mass is 676 g/mol. The van der Waals surface area contributed by atoms with Crippen LogP contribution in [0.25, 0.3) is 90.2 Å². The Morgan fingerprint density at radius 3 is 0.725 bits per heavy atom. The zero-order valence-corrected chi connectivity index (χ0v) is 26.9. The fourth-order valence-electron chi connectivity index (χ4n) is 5.69. The van der Waals surface area contributed by atoms with Crippen LogP contribution in [0.5, 0.6) is 0 Å². The molecule has 4 aromatic carbocycles. The summed E-state index contributed by atoms with van der Waals surface area (Å²) in [6.07, 6.45) is 0. The fraction of sp³-hybridized carbons (Fsp3) is 0. The van der Waals surface area contributed by atoms with Crippen LogP contribution in [0.4, 0.5) is 0 Å². The van der Waals surface area contributed by atoms with Gasteiger partial charge < -0.3 is 36.4 Å². The maximum absolute atomic E-state index is 4.72. The van der Waals surface area contributed by atoms with Gasteiger partial charge in [0, 0.05) is 0 Å². The largest absolute Gasteiger partial charge is 0.412 e. The van der Waals surface area contributed by atoms with Crippen molar-refractivity contribution < 1.29 is 16.4 Å². The van der Waals surface area contributed by atoms with Gasteiger partial charge in [0.05, 0.1) is 44.1 Å². The Morgan fingerprint density at radius 1 is 0.255 bits per heavy atom. The molecule has 0 saturated carbocycles. The van der Waals surface area contributed by atoms with Gasteiger partial charge in [0.15, 0.2) is 23.3 Å². The molecule has 10 rings (SSSR count). The summed E-state index contributed by atoms with van der Waals surface area (Å²) in [5, 5.41) is 0. The zero-order valence-electron chi connectivity index (χ0n) is 26.9. The van der Waals surface area contributed by atoms with Gasteiger partial charge in [-0.15, -0.1) is 0 Å². The summed E-state index contributed by atoms with van der Waals surface area (Å²) < 4.78 is 0. The van der Waals surface area contributed by atoms with Crippen LogP contribution in [0.2, 0.25) is 0 Å². The normalized spacial score (nSPS) is 10.7. The first kappa shape index (κ1) is 33.8. The number of fused-ring (bicyclic) bond motifs is 4. The average molecular weight is 677 g/mol. The first-order valence-corrected chi connectivity index (χ1v) is 15.5. The molecule has 6 heterocycles. The fourth-order valence-corrected chi connectivity index (χ4v) is 5.69. The van der Waals surface area contributed by atoms with Gasteiger partial charge >= 0.3 is 0 Å². The van der Waals surface area contributed by atoms with E-state index in [9.17, 15) is 0 Å². The summed E-state index contributed by atoms with van der Waals surface area (Å²) in [6, 6.07) is 43.6. The molecule has 0 spiro atoms. The summed E-state index contributed by atoms with van der Waals surface area (Å²) in [7, 11) is 0. The van der Waals surface area contributed by atoms with Gasteiger partial charge in [-0.3, -0.25) is 0 Å². The quantitative estimate of drug-likeness (QED) is 0.178.